The summed E-state index contributed by atoms with van der Waals surface area (Å²) in [6.45, 7) is 0.269. The van der Waals surface area contributed by atoms with E-state index >= 15 is 0 Å². The standard InChI is InChI=1S/C18H20N2O4S2/c21-16(4-7-19-18(24)14-5-8-26-12-14)20-15-3-1-2-13(10-15)11-25-9-6-17(22)23/h1-3,5,8,10,12H,4,6-7,9,11H2,(H,19,24)(H,20,21)(H,22,23). The average Bonchev–Trinajstić information content (AvgIpc) is 3.13. The van der Waals surface area contributed by atoms with E-state index in [0.29, 0.717) is 22.8 Å². The molecule has 1 aromatic heterocycles. The maximum Gasteiger partial charge on any atom is 0.304 e. The molecule has 1 aromatic carbocycles. The highest BCUT2D eigenvalue weighted by atomic mass is 32.2. The number of carboxylic acids is 1. The summed E-state index contributed by atoms with van der Waals surface area (Å²) in [5.74, 6) is 0.0824. The third-order valence-corrected chi connectivity index (χ3v) is 5.07. The number of carboxylic acid groups (broad SMARTS) is 1. The Morgan fingerprint density at radius 3 is 2.73 bits per heavy atom. The zero-order valence-electron chi connectivity index (χ0n) is 14.1. The van der Waals surface area contributed by atoms with E-state index in [-0.39, 0.29) is 31.2 Å². The molecule has 0 aliphatic heterocycles. The molecule has 2 amide bonds. The van der Waals surface area contributed by atoms with Crippen LogP contribution >= 0.6 is 23.1 Å². The van der Waals surface area contributed by atoms with Crippen molar-refractivity contribution in [1.82, 2.24) is 5.32 Å². The van der Waals surface area contributed by atoms with Crippen molar-refractivity contribution in [2.75, 3.05) is 17.6 Å². The number of anilines is 1. The van der Waals surface area contributed by atoms with Gasteiger partial charge >= 0.3 is 5.97 Å². The second-order valence-electron chi connectivity index (χ2n) is 5.46. The molecule has 0 atom stereocenters. The predicted octanol–water partition coefficient (Wildman–Crippen LogP) is 3.21. The fourth-order valence-electron chi connectivity index (χ4n) is 2.10. The van der Waals surface area contributed by atoms with Crippen LogP contribution in [0.5, 0.6) is 0 Å². The summed E-state index contributed by atoms with van der Waals surface area (Å²) in [7, 11) is 0. The average molecular weight is 393 g/mol. The second-order valence-corrected chi connectivity index (χ2v) is 7.35. The lowest BCUT2D eigenvalue weighted by Gasteiger charge is -2.08. The maximum absolute atomic E-state index is 12.0. The van der Waals surface area contributed by atoms with Gasteiger partial charge in [0.2, 0.25) is 5.91 Å². The van der Waals surface area contributed by atoms with E-state index in [0.717, 1.165) is 5.56 Å². The van der Waals surface area contributed by atoms with Crippen LogP contribution in [0, 0.1) is 0 Å². The summed E-state index contributed by atoms with van der Waals surface area (Å²) >= 11 is 2.99. The van der Waals surface area contributed by atoms with Crippen LogP contribution in [0.4, 0.5) is 5.69 Å². The maximum atomic E-state index is 12.0. The summed E-state index contributed by atoms with van der Waals surface area (Å²) in [5, 5.41) is 17.7. The Kier molecular flexibility index (Phi) is 8.17. The molecule has 0 saturated heterocycles. The SMILES string of the molecule is O=C(O)CCSCc1cccc(NC(=O)CCNC(=O)c2ccsc2)c1. The van der Waals surface area contributed by atoms with Crippen molar-refractivity contribution in [1.29, 1.82) is 0 Å². The number of rotatable bonds is 10. The van der Waals surface area contributed by atoms with E-state index in [1.54, 1.807) is 17.5 Å². The fourth-order valence-corrected chi connectivity index (χ4v) is 3.61. The van der Waals surface area contributed by atoms with Crippen molar-refractivity contribution >= 4 is 46.6 Å². The van der Waals surface area contributed by atoms with E-state index in [1.165, 1.54) is 23.1 Å². The van der Waals surface area contributed by atoms with Crippen molar-refractivity contribution in [3.8, 4) is 0 Å². The van der Waals surface area contributed by atoms with Gasteiger partial charge in [-0.3, -0.25) is 14.4 Å². The van der Waals surface area contributed by atoms with E-state index in [2.05, 4.69) is 10.6 Å². The van der Waals surface area contributed by atoms with Crippen LogP contribution in [0.2, 0.25) is 0 Å². The molecule has 0 bridgehead atoms. The molecule has 0 aliphatic rings. The van der Waals surface area contributed by atoms with E-state index in [9.17, 15) is 14.4 Å². The molecular weight excluding hydrogens is 372 g/mol. The molecule has 0 aliphatic carbocycles. The Labute approximate surface area is 160 Å². The van der Waals surface area contributed by atoms with E-state index in [4.69, 9.17) is 5.11 Å². The van der Waals surface area contributed by atoms with Gasteiger partial charge in [0.05, 0.1) is 6.42 Å². The first-order chi connectivity index (χ1) is 12.5. The molecule has 0 unspecified atom stereocenters. The van der Waals surface area contributed by atoms with Crippen molar-refractivity contribution in [3.63, 3.8) is 0 Å². The Morgan fingerprint density at radius 2 is 2.00 bits per heavy atom. The smallest absolute Gasteiger partial charge is 0.304 e. The van der Waals surface area contributed by atoms with Crippen LogP contribution in [0.25, 0.3) is 0 Å². The van der Waals surface area contributed by atoms with Crippen LogP contribution in [0.15, 0.2) is 41.1 Å². The normalized spacial score (nSPS) is 10.3. The molecule has 3 N–H and O–H groups in total. The van der Waals surface area contributed by atoms with E-state index < -0.39 is 5.97 Å². The first kappa shape index (κ1) is 20.0. The first-order valence-electron chi connectivity index (χ1n) is 8.03. The quantitative estimate of drug-likeness (QED) is 0.540. The van der Waals surface area contributed by atoms with Gasteiger partial charge in [0.1, 0.15) is 0 Å². The van der Waals surface area contributed by atoms with Crippen LogP contribution in [0.1, 0.15) is 28.8 Å². The number of carbonyl (C=O) groups is 3. The van der Waals surface area contributed by atoms with Gasteiger partial charge in [-0.1, -0.05) is 12.1 Å². The first-order valence-corrected chi connectivity index (χ1v) is 10.1. The fraction of sp³-hybridized carbons (Fsp3) is 0.278. The molecule has 0 fully saturated rings. The minimum atomic E-state index is -0.801. The third kappa shape index (κ3) is 7.28. The summed E-state index contributed by atoms with van der Waals surface area (Å²) in [6, 6.07) is 9.19. The summed E-state index contributed by atoms with van der Waals surface area (Å²) < 4.78 is 0. The van der Waals surface area contributed by atoms with Crippen molar-refractivity contribution in [2.24, 2.45) is 0 Å². The number of amides is 2. The highest BCUT2D eigenvalue weighted by Crippen LogP contribution is 2.17. The Morgan fingerprint density at radius 1 is 1.15 bits per heavy atom. The molecule has 0 spiro atoms. The predicted molar refractivity (Wildman–Crippen MR) is 105 cm³/mol. The number of aliphatic carboxylic acids is 1. The Hall–Kier alpha value is -2.32. The number of nitrogens with one attached hydrogen (secondary N) is 2. The Balaban J connectivity index is 1.71. The molecule has 26 heavy (non-hydrogen) atoms. The largest absolute Gasteiger partial charge is 0.481 e. The minimum Gasteiger partial charge on any atom is -0.481 e. The molecule has 0 saturated carbocycles. The zero-order valence-corrected chi connectivity index (χ0v) is 15.7. The summed E-state index contributed by atoms with van der Waals surface area (Å²) in [4.78, 5) is 34.3. The molecule has 0 radical (unpaired) electrons. The number of carbonyl (C=O) groups excluding carboxylic acids is 2. The minimum absolute atomic E-state index is 0.137. The van der Waals surface area contributed by atoms with Crippen LogP contribution in [-0.2, 0) is 15.3 Å². The topological polar surface area (TPSA) is 95.5 Å². The molecule has 8 heteroatoms. The van der Waals surface area contributed by atoms with Crippen molar-refractivity contribution in [3.05, 3.63) is 52.2 Å². The summed E-state index contributed by atoms with van der Waals surface area (Å²) in [5.41, 5.74) is 2.31. The number of thioether (sulfide) groups is 1. The van der Waals surface area contributed by atoms with Gasteiger partial charge in [0.25, 0.3) is 5.91 Å². The van der Waals surface area contributed by atoms with E-state index in [1.807, 2.05) is 23.6 Å². The molecule has 6 nitrogen and oxygen atoms in total. The molecule has 2 aromatic rings. The van der Waals surface area contributed by atoms with Crippen LogP contribution in [0.3, 0.4) is 0 Å². The van der Waals surface area contributed by atoms with Gasteiger partial charge in [-0.05, 0) is 29.1 Å². The lowest BCUT2D eigenvalue weighted by Crippen LogP contribution is -2.27. The second kappa shape index (κ2) is 10.6. The summed E-state index contributed by atoms with van der Waals surface area (Å²) in [6.07, 6.45) is 0.325. The van der Waals surface area contributed by atoms with Gasteiger partial charge in [0.15, 0.2) is 0 Å². The number of hydrogen-bond acceptors (Lipinski definition) is 5. The van der Waals surface area contributed by atoms with Gasteiger partial charge < -0.3 is 15.7 Å². The Bertz CT molecular complexity index is 747. The number of hydrogen-bond donors (Lipinski definition) is 3. The zero-order chi connectivity index (χ0) is 18.8. The lowest BCUT2D eigenvalue weighted by atomic mass is 10.2. The van der Waals surface area contributed by atoms with Gasteiger partial charge in [-0.2, -0.15) is 23.1 Å². The van der Waals surface area contributed by atoms with Crippen molar-refractivity contribution in [2.45, 2.75) is 18.6 Å². The number of benzene rings is 1. The molecule has 2 rings (SSSR count). The molecule has 138 valence electrons. The highest BCUT2D eigenvalue weighted by Gasteiger charge is 2.07. The molecular formula is C18H20N2O4S2. The number of thiophene rings is 1. The van der Waals surface area contributed by atoms with Gasteiger partial charge in [-0.25, -0.2) is 0 Å². The monoisotopic (exact) mass is 392 g/mol. The highest BCUT2D eigenvalue weighted by molar-refractivity contribution is 7.98. The van der Waals surface area contributed by atoms with Gasteiger partial charge in [-0.15, -0.1) is 0 Å². The molecule has 1 heterocycles. The van der Waals surface area contributed by atoms with Gasteiger partial charge in [0, 0.05) is 41.1 Å². The van der Waals surface area contributed by atoms with Crippen LogP contribution in [-0.4, -0.2) is 35.2 Å². The third-order valence-electron chi connectivity index (χ3n) is 3.36. The van der Waals surface area contributed by atoms with Crippen LogP contribution < -0.4 is 10.6 Å². The van der Waals surface area contributed by atoms with Crippen molar-refractivity contribution < 1.29 is 19.5 Å². The lowest BCUT2D eigenvalue weighted by molar-refractivity contribution is -0.136.